The summed E-state index contributed by atoms with van der Waals surface area (Å²) >= 11 is 0. The Morgan fingerprint density at radius 2 is 2.31 bits per heavy atom. The third-order valence-electron chi connectivity index (χ3n) is 2.79. The van der Waals surface area contributed by atoms with Crippen molar-refractivity contribution in [1.29, 1.82) is 0 Å². The molecule has 2 unspecified atom stereocenters. The molecule has 0 saturated heterocycles. The zero-order chi connectivity index (χ0) is 9.00. The molecule has 2 N–H and O–H groups in total. The third-order valence-corrected chi connectivity index (χ3v) is 2.79. The molecular formula is C10H9FN2. The van der Waals surface area contributed by atoms with Crippen LogP contribution in [0.5, 0.6) is 0 Å². The van der Waals surface area contributed by atoms with Crippen LogP contribution in [-0.4, -0.2) is 6.21 Å². The van der Waals surface area contributed by atoms with Gasteiger partial charge in [0.1, 0.15) is 5.82 Å². The molecule has 0 radical (unpaired) electrons. The smallest absolute Gasteiger partial charge is 0.146 e. The molecule has 0 amide bonds. The van der Waals surface area contributed by atoms with Crippen LogP contribution in [0, 0.1) is 11.7 Å². The summed E-state index contributed by atoms with van der Waals surface area (Å²) in [6, 6.07) is 3.15. The van der Waals surface area contributed by atoms with E-state index in [9.17, 15) is 4.39 Å². The number of nitrogens with zero attached hydrogens (tertiary/aromatic N) is 1. The number of aliphatic imine (C=N–C) groups is 1. The monoisotopic (exact) mass is 176 g/mol. The highest BCUT2D eigenvalue weighted by atomic mass is 19.1. The van der Waals surface area contributed by atoms with Gasteiger partial charge in [0.2, 0.25) is 0 Å². The van der Waals surface area contributed by atoms with Gasteiger partial charge in [0.15, 0.2) is 0 Å². The lowest BCUT2D eigenvalue weighted by Crippen LogP contribution is -1.97. The molecule has 1 aliphatic carbocycles. The summed E-state index contributed by atoms with van der Waals surface area (Å²) in [6.07, 6.45) is 3.06. The van der Waals surface area contributed by atoms with Crippen LogP contribution in [0.25, 0.3) is 0 Å². The second-order valence-electron chi connectivity index (χ2n) is 3.72. The van der Waals surface area contributed by atoms with E-state index in [1.165, 1.54) is 6.07 Å². The van der Waals surface area contributed by atoms with Crippen molar-refractivity contribution in [3.8, 4) is 0 Å². The molecule has 1 fully saturated rings. The van der Waals surface area contributed by atoms with Gasteiger partial charge in [-0.15, -0.1) is 0 Å². The van der Waals surface area contributed by atoms with Gasteiger partial charge < -0.3 is 5.73 Å². The second kappa shape index (κ2) is 2.10. The number of hydrogen-bond donors (Lipinski definition) is 1. The van der Waals surface area contributed by atoms with E-state index in [0.717, 1.165) is 17.7 Å². The Morgan fingerprint density at radius 3 is 3.15 bits per heavy atom. The van der Waals surface area contributed by atoms with Crippen LogP contribution in [0.2, 0.25) is 0 Å². The summed E-state index contributed by atoms with van der Waals surface area (Å²) in [5, 5.41) is 0. The number of benzene rings is 1. The molecule has 3 heteroatoms. The lowest BCUT2D eigenvalue weighted by atomic mass is 10.0. The number of rotatable bonds is 0. The van der Waals surface area contributed by atoms with E-state index in [-0.39, 0.29) is 11.5 Å². The fourth-order valence-electron chi connectivity index (χ4n) is 1.92. The van der Waals surface area contributed by atoms with Gasteiger partial charge in [-0.05, 0) is 30.0 Å². The van der Waals surface area contributed by atoms with Gasteiger partial charge >= 0.3 is 0 Å². The number of nitrogens with two attached hydrogens (primary N) is 1. The Morgan fingerprint density at radius 1 is 1.46 bits per heavy atom. The van der Waals surface area contributed by atoms with Crippen LogP contribution < -0.4 is 5.73 Å². The first-order valence-corrected chi connectivity index (χ1v) is 4.39. The molecule has 1 saturated carbocycles. The normalized spacial score (nSPS) is 28.1. The Bertz CT molecular complexity index is 412. The fourth-order valence-corrected chi connectivity index (χ4v) is 1.92. The maximum Gasteiger partial charge on any atom is 0.146 e. The van der Waals surface area contributed by atoms with Crippen LogP contribution in [0.4, 0.5) is 15.8 Å². The highest BCUT2D eigenvalue weighted by Crippen LogP contribution is 2.52. The van der Waals surface area contributed by atoms with Crippen LogP contribution in [0.15, 0.2) is 17.1 Å². The molecule has 66 valence electrons. The molecule has 0 spiro atoms. The minimum Gasteiger partial charge on any atom is -0.396 e. The average molecular weight is 176 g/mol. The van der Waals surface area contributed by atoms with Crippen molar-refractivity contribution in [2.75, 3.05) is 5.73 Å². The summed E-state index contributed by atoms with van der Waals surface area (Å²) in [5.74, 6) is 0.736. The summed E-state index contributed by atoms with van der Waals surface area (Å²) < 4.78 is 13.1. The molecule has 0 aromatic heterocycles. The summed E-state index contributed by atoms with van der Waals surface area (Å²) in [7, 11) is 0. The van der Waals surface area contributed by atoms with Crippen LogP contribution >= 0.6 is 0 Å². The zero-order valence-corrected chi connectivity index (χ0v) is 7.00. The quantitative estimate of drug-likeness (QED) is 0.605. The Kier molecular flexibility index (Phi) is 1.14. The van der Waals surface area contributed by atoms with Gasteiger partial charge in [0, 0.05) is 12.1 Å². The van der Waals surface area contributed by atoms with Crippen molar-refractivity contribution in [3.63, 3.8) is 0 Å². The first-order chi connectivity index (χ1) is 6.25. The topological polar surface area (TPSA) is 38.4 Å². The van der Waals surface area contributed by atoms with E-state index in [4.69, 9.17) is 5.73 Å². The fraction of sp³-hybridized carbons (Fsp3) is 0.300. The molecule has 1 aromatic carbocycles. The largest absolute Gasteiger partial charge is 0.396 e. The molecule has 1 heterocycles. The van der Waals surface area contributed by atoms with Crippen LogP contribution in [0.3, 0.4) is 0 Å². The van der Waals surface area contributed by atoms with Crippen LogP contribution in [-0.2, 0) is 0 Å². The maximum atomic E-state index is 13.1. The Hall–Kier alpha value is -1.38. The Balaban J connectivity index is 2.22. The van der Waals surface area contributed by atoms with Crippen molar-refractivity contribution < 1.29 is 4.39 Å². The summed E-state index contributed by atoms with van der Waals surface area (Å²) in [5.41, 5.74) is 7.52. The van der Waals surface area contributed by atoms with Gasteiger partial charge in [-0.2, -0.15) is 0 Å². The highest BCUT2D eigenvalue weighted by molar-refractivity contribution is 5.78. The molecule has 2 atom stereocenters. The van der Waals surface area contributed by atoms with Gasteiger partial charge in [-0.1, -0.05) is 0 Å². The van der Waals surface area contributed by atoms with E-state index in [1.54, 1.807) is 6.07 Å². The number of fused-ring (bicyclic) bond motifs is 3. The van der Waals surface area contributed by atoms with Crippen molar-refractivity contribution in [1.82, 2.24) is 0 Å². The predicted molar refractivity (Wildman–Crippen MR) is 49.8 cm³/mol. The molecular weight excluding hydrogens is 167 g/mol. The molecule has 1 aromatic rings. The van der Waals surface area contributed by atoms with Gasteiger partial charge in [-0.25, -0.2) is 4.39 Å². The molecule has 2 nitrogen and oxygen atoms in total. The Labute approximate surface area is 75.3 Å². The van der Waals surface area contributed by atoms with Gasteiger partial charge in [0.25, 0.3) is 0 Å². The second-order valence-corrected chi connectivity index (χ2v) is 3.72. The predicted octanol–water partition coefficient (Wildman–Crippen LogP) is 2.23. The lowest BCUT2D eigenvalue weighted by Gasteiger charge is -2.09. The minimum atomic E-state index is -0.318. The molecule has 13 heavy (non-hydrogen) atoms. The van der Waals surface area contributed by atoms with E-state index in [2.05, 4.69) is 4.99 Å². The third kappa shape index (κ3) is 0.899. The van der Waals surface area contributed by atoms with E-state index >= 15 is 0 Å². The minimum absolute atomic E-state index is 0.190. The molecule has 3 rings (SSSR count). The first-order valence-electron chi connectivity index (χ1n) is 4.39. The van der Waals surface area contributed by atoms with E-state index in [0.29, 0.717) is 11.8 Å². The molecule has 2 aliphatic rings. The van der Waals surface area contributed by atoms with E-state index in [1.807, 2.05) is 6.21 Å². The number of anilines is 1. The lowest BCUT2D eigenvalue weighted by molar-refractivity contribution is 0.630. The highest BCUT2D eigenvalue weighted by Gasteiger charge is 2.41. The van der Waals surface area contributed by atoms with Crippen molar-refractivity contribution >= 4 is 17.6 Å². The number of hydrogen-bond acceptors (Lipinski definition) is 2. The van der Waals surface area contributed by atoms with Crippen molar-refractivity contribution in [2.24, 2.45) is 10.9 Å². The van der Waals surface area contributed by atoms with Gasteiger partial charge in [0.05, 0.1) is 11.4 Å². The van der Waals surface area contributed by atoms with Crippen molar-refractivity contribution in [2.45, 2.75) is 12.3 Å². The summed E-state index contributed by atoms with van der Waals surface area (Å²) in [6.45, 7) is 0. The maximum absolute atomic E-state index is 13.1. The number of nitrogen functional groups attached to an aromatic ring is 1. The van der Waals surface area contributed by atoms with E-state index < -0.39 is 0 Å². The van der Waals surface area contributed by atoms with Crippen molar-refractivity contribution in [3.05, 3.63) is 23.5 Å². The summed E-state index contributed by atoms with van der Waals surface area (Å²) in [4.78, 5) is 4.25. The average Bonchev–Trinajstić information content (AvgIpc) is 2.86. The number of halogens is 1. The molecule has 0 bridgehead atoms. The standard InChI is InChI=1S/C10H9FN2/c11-8-2-7-6-1-5(6)4-13-10(7)3-9(8)12/h2-6H,1,12H2. The SMILES string of the molecule is Nc1cc2c(cc1F)C1CC1C=N2. The molecule has 1 aliphatic heterocycles. The van der Waals surface area contributed by atoms with Crippen LogP contribution in [0.1, 0.15) is 17.9 Å². The van der Waals surface area contributed by atoms with Gasteiger partial charge in [-0.3, -0.25) is 4.99 Å². The zero-order valence-electron chi connectivity index (χ0n) is 7.00. The first kappa shape index (κ1) is 7.06.